The van der Waals surface area contributed by atoms with Crippen molar-refractivity contribution < 1.29 is 14.0 Å². The SMILES string of the molecule is Cc1cc(N2C(=O)C3C4C=CC(CC4)C3C2=O)ccc1F. The molecule has 3 nitrogen and oxygen atoms in total. The van der Waals surface area contributed by atoms with Gasteiger partial charge in [-0.1, -0.05) is 12.2 Å². The highest BCUT2D eigenvalue weighted by atomic mass is 19.1. The molecular formula is C17H16FNO2. The predicted octanol–water partition coefficient (Wildman–Crippen LogP) is 2.84. The zero-order valence-electron chi connectivity index (χ0n) is 11.8. The number of fused-ring (bicyclic) bond motifs is 1. The molecule has 3 aliphatic carbocycles. The van der Waals surface area contributed by atoms with Crippen LogP contribution in [0.5, 0.6) is 0 Å². The Balaban J connectivity index is 1.76. The smallest absolute Gasteiger partial charge is 0.238 e. The lowest BCUT2D eigenvalue weighted by atomic mass is 9.63. The summed E-state index contributed by atoms with van der Waals surface area (Å²) in [7, 11) is 0. The Bertz CT molecular complexity index is 649. The number of amides is 2. The number of carbonyl (C=O) groups excluding carboxylic acids is 2. The van der Waals surface area contributed by atoms with Crippen LogP contribution in [0.15, 0.2) is 30.4 Å². The van der Waals surface area contributed by atoms with E-state index in [0.717, 1.165) is 12.8 Å². The van der Waals surface area contributed by atoms with Gasteiger partial charge in [0.2, 0.25) is 11.8 Å². The number of nitrogens with zero attached hydrogens (tertiary/aromatic N) is 1. The summed E-state index contributed by atoms with van der Waals surface area (Å²) in [5.74, 6) is -0.619. The Kier molecular flexibility index (Phi) is 2.59. The molecule has 4 aliphatic rings. The van der Waals surface area contributed by atoms with Crippen molar-refractivity contribution in [3.63, 3.8) is 0 Å². The zero-order valence-corrected chi connectivity index (χ0v) is 11.8. The Hall–Kier alpha value is -1.97. The molecule has 1 aromatic carbocycles. The Labute approximate surface area is 122 Å². The van der Waals surface area contributed by atoms with Crippen LogP contribution in [0.2, 0.25) is 0 Å². The molecule has 1 aliphatic heterocycles. The van der Waals surface area contributed by atoms with E-state index < -0.39 is 0 Å². The Morgan fingerprint density at radius 3 is 2.10 bits per heavy atom. The van der Waals surface area contributed by atoms with Crippen molar-refractivity contribution >= 4 is 17.5 Å². The van der Waals surface area contributed by atoms with Gasteiger partial charge in [0.1, 0.15) is 5.82 Å². The van der Waals surface area contributed by atoms with Crippen LogP contribution in [0.4, 0.5) is 10.1 Å². The number of carbonyl (C=O) groups is 2. The van der Waals surface area contributed by atoms with E-state index in [0.29, 0.717) is 11.3 Å². The summed E-state index contributed by atoms with van der Waals surface area (Å²) in [6.07, 6.45) is 6.16. The number of halogens is 1. The molecule has 4 heteroatoms. The lowest BCUT2D eigenvalue weighted by Gasteiger charge is -2.38. The number of imide groups is 1. The van der Waals surface area contributed by atoms with Gasteiger partial charge in [-0.15, -0.1) is 0 Å². The number of hydrogen-bond donors (Lipinski definition) is 0. The first-order chi connectivity index (χ1) is 10.1. The molecule has 2 bridgehead atoms. The van der Waals surface area contributed by atoms with Gasteiger partial charge in [-0.3, -0.25) is 14.5 Å². The largest absolute Gasteiger partial charge is 0.274 e. The normalized spacial score (nSPS) is 33.7. The molecule has 2 fully saturated rings. The maximum Gasteiger partial charge on any atom is 0.238 e. The number of rotatable bonds is 1. The molecule has 4 unspecified atom stereocenters. The van der Waals surface area contributed by atoms with Crippen LogP contribution >= 0.6 is 0 Å². The van der Waals surface area contributed by atoms with Crippen molar-refractivity contribution in [1.29, 1.82) is 0 Å². The highest BCUT2D eigenvalue weighted by molar-refractivity contribution is 6.22. The second-order valence-corrected chi connectivity index (χ2v) is 6.29. The van der Waals surface area contributed by atoms with Gasteiger partial charge >= 0.3 is 0 Å². The van der Waals surface area contributed by atoms with Gasteiger partial charge in [0.25, 0.3) is 0 Å². The predicted molar refractivity (Wildman–Crippen MR) is 76.0 cm³/mol. The summed E-state index contributed by atoms with van der Waals surface area (Å²) in [5.41, 5.74) is 0.946. The van der Waals surface area contributed by atoms with Crippen LogP contribution in [0.25, 0.3) is 0 Å². The molecule has 21 heavy (non-hydrogen) atoms. The fraction of sp³-hybridized carbons (Fsp3) is 0.412. The molecule has 4 atom stereocenters. The standard InChI is InChI=1S/C17H16FNO2/c1-9-8-12(6-7-13(9)18)19-16(20)14-10-2-3-11(5-4-10)15(14)17(19)21/h2-3,6-8,10-11,14-15H,4-5H2,1H3. The number of allylic oxidation sites excluding steroid dienone is 2. The van der Waals surface area contributed by atoms with E-state index in [2.05, 4.69) is 12.2 Å². The monoisotopic (exact) mass is 285 g/mol. The molecule has 1 heterocycles. The fourth-order valence-corrected chi connectivity index (χ4v) is 4.10. The third-order valence-corrected chi connectivity index (χ3v) is 5.16. The van der Waals surface area contributed by atoms with Crippen molar-refractivity contribution in [3.8, 4) is 0 Å². The lowest BCUT2D eigenvalue weighted by molar-refractivity contribution is -0.124. The highest BCUT2D eigenvalue weighted by Gasteiger charge is 2.56. The maximum absolute atomic E-state index is 13.4. The third-order valence-electron chi connectivity index (χ3n) is 5.16. The van der Waals surface area contributed by atoms with Crippen molar-refractivity contribution in [2.75, 3.05) is 4.90 Å². The van der Waals surface area contributed by atoms with Gasteiger partial charge in [-0.25, -0.2) is 4.39 Å². The fourth-order valence-electron chi connectivity index (χ4n) is 4.10. The van der Waals surface area contributed by atoms with Crippen LogP contribution in [0.3, 0.4) is 0 Å². The van der Waals surface area contributed by atoms with Crippen LogP contribution in [0, 0.1) is 36.4 Å². The molecule has 5 rings (SSSR count). The Morgan fingerprint density at radius 2 is 1.62 bits per heavy atom. The van der Waals surface area contributed by atoms with E-state index in [4.69, 9.17) is 0 Å². The minimum atomic E-state index is -0.322. The molecule has 0 spiro atoms. The third kappa shape index (κ3) is 1.65. The highest BCUT2D eigenvalue weighted by Crippen LogP contribution is 2.50. The molecular weight excluding hydrogens is 269 g/mol. The van der Waals surface area contributed by atoms with Gasteiger partial charge in [0, 0.05) is 0 Å². The molecule has 0 aromatic heterocycles. The Morgan fingerprint density at radius 1 is 1.05 bits per heavy atom. The molecule has 1 aromatic rings. The summed E-state index contributed by atoms with van der Waals surface area (Å²) in [6.45, 7) is 1.64. The second-order valence-electron chi connectivity index (χ2n) is 6.29. The van der Waals surface area contributed by atoms with E-state index in [9.17, 15) is 14.0 Å². The summed E-state index contributed by atoms with van der Waals surface area (Å²) in [6, 6.07) is 4.42. The van der Waals surface area contributed by atoms with E-state index in [1.807, 2.05) is 0 Å². The van der Waals surface area contributed by atoms with Crippen molar-refractivity contribution in [3.05, 3.63) is 41.7 Å². The number of aryl methyl sites for hydroxylation is 1. The number of hydrogen-bond acceptors (Lipinski definition) is 2. The van der Waals surface area contributed by atoms with E-state index in [1.54, 1.807) is 13.0 Å². The van der Waals surface area contributed by atoms with E-state index >= 15 is 0 Å². The van der Waals surface area contributed by atoms with Gasteiger partial charge in [-0.05, 0) is 55.4 Å². The van der Waals surface area contributed by atoms with Crippen LogP contribution < -0.4 is 4.90 Å². The van der Waals surface area contributed by atoms with Crippen LogP contribution in [-0.4, -0.2) is 11.8 Å². The van der Waals surface area contributed by atoms with Gasteiger partial charge in [-0.2, -0.15) is 0 Å². The van der Waals surface area contributed by atoms with Crippen molar-refractivity contribution in [1.82, 2.24) is 0 Å². The second kappa shape index (κ2) is 4.26. The first kappa shape index (κ1) is 12.7. The summed E-state index contributed by atoms with van der Waals surface area (Å²) in [4.78, 5) is 26.7. The van der Waals surface area contributed by atoms with Crippen molar-refractivity contribution in [2.45, 2.75) is 19.8 Å². The lowest BCUT2D eigenvalue weighted by Crippen LogP contribution is -2.38. The summed E-state index contributed by atoms with van der Waals surface area (Å²) < 4.78 is 13.4. The molecule has 108 valence electrons. The van der Waals surface area contributed by atoms with Gasteiger partial charge < -0.3 is 0 Å². The molecule has 0 radical (unpaired) electrons. The molecule has 1 saturated heterocycles. The average molecular weight is 285 g/mol. The number of anilines is 1. The van der Waals surface area contributed by atoms with E-state index in [-0.39, 0.29) is 41.3 Å². The van der Waals surface area contributed by atoms with Gasteiger partial charge in [0.05, 0.1) is 17.5 Å². The average Bonchev–Trinajstić information content (AvgIpc) is 2.78. The quantitative estimate of drug-likeness (QED) is 0.588. The van der Waals surface area contributed by atoms with Crippen LogP contribution in [-0.2, 0) is 9.59 Å². The first-order valence-corrected chi connectivity index (χ1v) is 7.40. The zero-order chi connectivity index (χ0) is 14.7. The topological polar surface area (TPSA) is 37.4 Å². The van der Waals surface area contributed by atoms with Gasteiger partial charge in [0.15, 0.2) is 0 Å². The molecule has 2 amide bonds. The first-order valence-electron chi connectivity index (χ1n) is 7.40. The van der Waals surface area contributed by atoms with Crippen molar-refractivity contribution in [2.24, 2.45) is 23.7 Å². The molecule has 0 N–H and O–H groups in total. The molecule has 1 saturated carbocycles. The minimum absolute atomic E-state index is 0.116. The summed E-state index contributed by atoms with van der Waals surface area (Å²) in [5, 5.41) is 0. The summed E-state index contributed by atoms with van der Waals surface area (Å²) >= 11 is 0. The van der Waals surface area contributed by atoms with E-state index in [1.165, 1.54) is 17.0 Å². The number of benzene rings is 1. The minimum Gasteiger partial charge on any atom is -0.274 e. The van der Waals surface area contributed by atoms with Crippen LogP contribution in [0.1, 0.15) is 18.4 Å². The maximum atomic E-state index is 13.4.